The first-order valence-corrected chi connectivity index (χ1v) is 9.40. The molecule has 0 saturated carbocycles. The highest BCUT2D eigenvalue weighted by atomic mass is 15.0. The van der Waals surface area contributed by atoms with Crippen molar-refractivity contribution in [2.24, 2.45) is 0 Å². The molecule has 3 aliphatic rings. The van der Waals surface area contributed by atoms with Gasteiger partial charge in [-0.25, -0.2) is 0 Å². The third-order valence-corrected chi connectivity index (χ3v) is 5.79. The van der Waals surface area contributed by atoms with Gasteiger partial charge in [0.1, 0.15) is 0 Å². The Kier molecular flexibility index (Phi) is 2.89. The molecule has 132 valence electrons. The first-order chi connectivity index (χ1) is 13.3. The smallest absolute Gasteiger partial charge is 0.0680 e. The third kappa shape index (κ3) is 2.16. The van der Waals surface area contributed by atoms with Crippen LogP contribution in [0.15, 0.2) is 72.7 Å². The van der Waals surface area contributed by atoms with Crippen molar-refractivity contribution in [2.75, 3.05) is 5.32 Å². The van der Waals surface area contributed by atoms with Crippen molar-refractivity contribution in [1.82, 2.24) is 15.3 Å². The molecule has 2 aliphatic heterocycles. The van der Waals surface area contributed by atoms with Gasteiger partial charge in [0.2, 0.25) is 0 Å². The molecular weight excluding hydrogens is 332 g/mol. The minimum absolute atomic E-state index is 0.387. The predicted octanol–water partition coefficient (Wildman–Crippen LogP) is 5.22. The average Bonchev–Trinajstić information content (AvgIpc) is 3.44. The lowest BCUT2D eigenvalue weighted by molar-refractivity contribution is 0.814. The Morgan fingerprint density at radius 2 is 2.04 bits per heavy atom. The SMILES string of the molecule is C=C1CC=C(c2ccc3c4c([nH]c3c2)C2CC=C(c3ccc[nH]3)C=C2N4)N1. The number of hydrogen-bond donors (Lipinski definition) is 4. The van der Waals surface area contributed by atoms with E-state index in [1.807, 2.05) is 12.3 Å². The maximum absolute atomic E-state index is 4.01. The first-order valence-electron chi connectivity index (χ1n) is 9.40. The Bertz CT molecular complexity index is 1180. The molecule has 0 spiro atoms. The molecule has 4 heterocycles. The molecule has 6 rings (SSSR count). The van der Waals surface area contributed by atoms with Crippen LogP contribution in [0.3, 0.4) is 0 Å². The van der Waals surface area contributed by atoms with E-state index in [2.05, 4.69) is 69.7 Å². The van der Waals surface area contributed by atoms with Gasteiger partial charge < -0.3 is 20.6 Å². The van der Waals surface area contributed by atoms with Crippen LogP contribution < -0.4 is 10.6 Å². The number of fused-ring (bicyclic) bond motifs is 5. The molecule has 2 aromatic heterocycles. The van der Waals surface area contributed by atoms with Gasteiger partial charge in [-0.15, -0.1) is 0 Å². The molecule has 4 N–H and O–H groups in total. The molecule has 1 atom stereocenters. The number of aromatic amines is 2. The Hall–Kier alpha value is -3.40. The monoisotopic (exact) mass is 352 g/mol. The number of rotatable bonds is 2. The summed E-state index contributed by atoms with van der Waals surface area (Å²) < 4.78 is 0. The molecule has 1 aromatic carbocycles. The van der Waals surface area contributed by atoms with E-state index < -0.39 is 0 Å². The molecule has 0 bridgehead atoms. The van der Waals surface area contributed by atoms with Gasteiger partial charge in [0.05, 0.1) is 5.69 Å². The van der Waals surface area contributed by atoms with Crippen LogP contribution in [0.5, 0.6) is 0 Å². The summed E-state index contributed by atoms with van der Waals surface area (Å²) in [7, 11) is 0. The number of benzene rings is 1. The molecule has 3 aromatic rings. The summed E-state index contributed by atoms with van der Waals surface area (Å²) in [4.78, 5) is 6.98. The number of hydrogen-bond acceptors (Lipinski definition) is 2. The van der Waals surface area contributed by atoms with Gasteiger partial charge >= 0.3 is 0 Å². The zero-order valence-electron chi connectivity index (χ0n) is 14.9. The highest BCUT2D eigenvalue weighted by molar-refractivity contribution is 5.99. The number of anilines is 1. The van der Waals surface area contributed by atoms with Gasteiger partial charge in [0.15, 0.2) is 0 Å². The second-order valence-corrected chi connectivity index (χ2v) is 7.48. The molecule has 0 saturated heterocycles. The van der Waals surface area contributed by atoms with Gasteiger partial charge in [-0.05, 0) is 41.8 Å². The predicted molar refractivity (Wildman–Crippen MR) is 111 cm³/mol. The van der Waals surface area contributed by atoms with Crippen molar-refractivity contribution in [3.63, 3.8) is 0 Å². The van der Waals surface area contributed by atoms with Crippen molar-refractivity contribution >= 4 is 27.9 Å². The Morgan fingerprint density at radius 3 is 2.85 bits per heavy atom. The summed E-state index contributed by atoms with van der Waals surface area (Å²) in [6, 6.07) is 10.8. The van der Waals surface area contributed by atoms with E-state index in [4.69, 9.17) is 0 Å². The van der Waals surface area contributed by atoms with E-state index in [0.29, 0.717) is 5.92 Å². The molecule has 1 aliphatic carbocycles. The maximum Gasteiger partial charge on any atom is 0.0680 e. The van der Waals surface area contributed by atoms with Crippen molar-refractivity contribution in [1.29, 1.82) is 0 Å². The number of H-pyrrole nitrogens is 2. The van der Waals surface area contributed by atoms with Crippen LogP contribution >= 0.6 is 0 Å². The second-order valence-electron chi connectivity index (χ2n) is 7.48. The van der Waals surface area contributed by atoms with Crippen LogP contribution in [0.25, 0.3) is 22.2 Å². The largest absolute Gasteiger partial charge is 0.361 e. The molecule has 0 fully saturated rings. The van der Waals surface area contributed by atoms with Crippen LogP contribution in [-0.4, -0.2) is 9.97 Å². The molecule has 0 radical (unpaired) electrons. The molecule has 27 heavy (non-hydrogen) atoms. The van der Waals surface area contributed by atoms with Crippen LogP contribution in [0.4, 0.5) is 5.69 Å². The van der Waals surface area contributed by atoms with Gasteiger partial charge in [0, 0.05) is 57.9 Å². The van der Waals surface area contributed by atoms with Crippen LogP contribution in [0, 0.1) is 0 Å². The maximum atomic E-state index is 4.01. The van der Waals surface area contributed by atoms with E-state index in [1.54, 1.807) is 0 Å². The van der Waals surface area contributed by atoms with Gasteiger partial charge in [0.25, 0.3) is 0 Å². The van der Waals surface area contributed by atoms with Crippen LogP contribution in [-0.2, 0) is 0 Å². The van der Waals surface area contributed by atoms with Crippen molar-refractivity contribution < 1.29 is 0 Å². The van der Waals surface area contributed by atoms with E-state index >= 15 is 0 Å². The lowest BCUT2D eigenvalue weighted by Gasteiger charge is -2.17. The molecule has 4 nitrogen and oxygen atoms in total. The van der Waals surface area contributed by atoms with Crippen molar-refractivity contribution in [2.45, 2.75) is 18.8 Å². The fraction of sp³-hybridized carbons (Fsp3) is 0.130. The standard InChI is InChI=1S/C23H20N4/c1-13-4-9-19(25-13)15-6-8-17-21(12-15)27-22-16-7-5-14(18-3-2-10-24-18)11-20(16)26-23(17)22/h2-3,5-6,8-12,16,24-27H,1,4,7H2. The van der Waals surface area contributed by atoms with E-state index in [1.165, 1.54) is 44.8 Å². The minimum atomic E-state index is 0.387. The lowest BCUT2D eigenvalue weighted by atomic mass is 9.92. The Morgan fingerprint density at radius 1 is 1.07 bits per heavy atom. The van der Waals surface area contributed by atoms with E-state index in [0.717, 1.165) is 24.2 Å². The summed E-state index contributed by atoms with van der Waals surface area (Å²) in [6.07, 6.45) is 10.7. The van der Waals surface area contributed by atoms with E-state index in [9.17, 15) is 0 Å². The van der Waals surface area contributed by atoms with E-state index in [-0.39, 0.29) is 0 Å². The summed E-state index contributed by atoms with van der Waals surface area (Å²) in [5, 5.41) is 8.30. The minimum Gasteiger partial charge on any atom is -0.361 e. The van der Waals surface area contributed by atoms with Crippen LogP contribution in [0.2, 0.25) is 0 Å². The number of nitrogens with one attached hydrogen (secondary N) is 4. The normalized spacial score (nSPS) is 20.5. The quantitative estimate of drug-likeness (QED) is 0.511. The zero-order valence-corrected chi connectivity index (χ0v) is 14.9. The summed E-state index contributed by atoms with van der Waals surface area (Å²) in [5.74, 6) is 0.387. The summed E-state index contributed by atoms with van der Waals surface area (Å²) in [6.45, 7) is 4.01. The first kappa shape index (κ1) is 14.7. The molecule has 4 heteroatoms. The molecule has 0 amide bonds. The summed E-state index contributed by atoms with van der Waals surface area (Å²) >= 11 is 0. The molecule has 1 unspecified atom stereocenters. The average molecular weight is 352 g/mol. The highest BCUT2D eigenvalue weighted by Crippen LogP contribution is 2.47. The zero-order chi connectivity index (χ0) is 18.0. The fourth-order valence-corrected chi connectivity index (χ4v) is 4.43. The fourth-order valence-electron chi connectivity index (χ4n) is 4.43. The van der Waals surface area contributed by atoms with Gasteiger partial charge in [-0.2, -0.15) is 0 Å². The Labute approximate surface area is 157 Å². The highest BCUT2D eigenvalue weighted by Gasteiger charge is 2.32. The Balaban J connectivity index is 1.37. The van der Waals surface area contributed by atoms with Crippen molar-refractivity contribution in [3.05, 3.63) is 89.7 Å². The third-order valence-electron chi connectivity index (χ3n) is 5.79. The number of allylic oxidation sites excluding steroid dienone is 5. The van der Waals surface area contributed by atoms with Crippen LogP contribution in [0.1, 0.15) is 35.7 Å². The van der Waals surface area contributed by atoms with Gasteiger partial charge in [-0.3, -0.25) is 0 Å². The van der Waals surface area contributed by atoms with Gasteiger partial charge in [-0.1, -0.05) is 30.9 Å². The van der Waals surface area contributed by atoms with Crippen molar-refractivity contribution in [3.8, 4) is 0 Å². The second kappa shape index (κ2) is 5.30. The summed E-state index contributed by atoms with van der Waals surface area (Å²) in [5.41, 5.74) is 10.8. The lowest BCUT2D eigenvalue weighted by Crippen LogP contribution is -2.06. The number of aromatic nitrogens is 2. The topological polar surface area (TPSA) is 55.6 Å². The molecular formula is C23H20N4.